The van der Waals surface area contributed by atoms with Crippen molar-refractivity contribution in [3.63, 3.8) is 0 Å². The molecule has 1 aromatic heterocycles. The first-order valence-electron chi connectivity index (χ1n) is 8.31. The molecule has 24 heavy (non-hydrogen) atoms. The Morgan fingerprint density at radius 3 is 2.46 bits per heavy atom. The van der Waals surface area contributed by atoms with E-state index in [0.29, 0.717) is 24.6 Å². The van der Waals surface area contributed by atoms with Gasteiger partial charge in [-0.15, -0.1) is 0 Å². The molecule has 0 saturated carbocycles. The van der Waals surface area contributed by atoms with Crippen molar-refractivity contribution in [3.8, 4) is 0 Å². The maximum absolute atomic E-state index is 12.7. The summed E-state index contributed by atoms with van der Waals surface area (Å²) in [4.78, 5) is 25.1. The van der Waals surface area contributed by atoms with Crippen molar-refractivity contribution >= 4 is 17.4 Å². The first-order valence-corrected chi connectivity index (χ1v) is 8.31. The first kappa shape index (κ1) is 16.2. The van der Waals surface area contributed by atoms with Crippen LogP contribution in [0, 0.1) is 0 Å². The number of hydrogen-bond acceptors (Lipinski definition) is 5. The molecular formula is C18H23N5O. The standard InChI is InChI=1S/C18H23N5O/c1-14(2)21-17-12-16(19-13-20-17)18(24)23-10-8-22(9-11-23)15-6-4-3-5-7-15/h3-7,12-14H,8-11H2,1-2H3,(H,19,20,21). The largest absolute Gasteiger partial charge is 0.368 e. The van der Waals surface area contributed by atoms with Gasteiger partial charge >= 0.3 is 0 Å². The number of para-hydroxylation sites is 1. The Morgan fingerprint density at radius 2 is 1.79 bits per heavy atom. The molecule has 1 amide bonds. The van der Waals surface area contributed by atoms with E-state index >= 15 is 0 Å². The predicted octanol–water partition coefficient (Wildman–Crippen LogP) is 2.26. The van der Waals surface area contributed by atoms with Crippen molar-refractivity contribution < 1.29 is 4.79 Å². The molecule has 1 aromatic carbocycles. The number of rotatable bonds is 4. The Labute approximate surface area is 142 Å². The zero-order valence-corrected chi connectivity index (χ0v) is 14.1. The highest BCUT2D eigenvalue weighted by molar-refractivity contribution is 5.93. The highest BCUT2D eigenvalue weighted by Gasteiger charge is 2.23. The van der Waals surface area contributed by atoms with Crippen LogP contribution in [0.5, 0.6) is 0 Å². The molecule has 1 aliphatic rings. The topological polar surface area (TPSA) is 61.4 Å². The summed E-state index contributed by atoms with van der Waals surface area (Å²) in [6, 6.07) is 12.3. The number of nitrogens with one attached hydrogen (secondary N) is 1. The van der Waals surface area contributed by atoms with E-state index in [1.54, 1.807) is 6.07 Å². The monoisotopic (exact) mass is 325 g/mol. The van der Waals surface area contributed by atoms with Crippen LogP contribution in [-0.4, -0.2) is 53.0 Å². The number of carbonyl (C=O) groups excluding carboxylic acids is 1. The summed E-state index contributed by atoms with van der Waals surface area (Å²) < 4.78 is 0. The Balaban J connectivity index is 1.63. The Hall–Kier alpha value is -2.63. The molecule has 1 saturated heterocycles. The fourth-order valence-electron chi connectivity index (χ4n) is 2.82. The van der Waals surface area contributed by atoms with Crippen LogP contribution < -0.4 is 10.2 Å². The van der Waals surface area contributed by atoms with Gasteiger partial charge in [-0.3, -0.25) is 4.79 Å². The van der Waals surface area contributed by atoms with E-state index in [4.69, 9.17) is 0 Å². The van der Waals surface area contributed by atoms with Gasteiger partial charge in [-0.25, -0.2) is 9.97 Å². The fourth-order valence-corrected chi connectivity index (χ4v) is 2.82. The maximum Gasteiger partial charge on any atom is 0.272 e. The molecule has 1 N–H and O–H groups in total. The van der Waals surface area contributed by atoms with E-state index in [9.17, 15) is 4.79 Å². The number of hydrogen-bond donors (Lipinski definition) is 1. The van der Waals surface area contributed by atoms with Crippen LogP contribution in [0.15, 0.2) is 42.7 Å². The third kappa shape index (κ3) is 3.82. The van der Waals surface area contributed by atoms with Gasteiger partial charge in [0.25, 0.3) is 5.91 Å². The SMILES string of the molecule is CC(C)Nc1cc(C(=O)N2CCN(c3ccccc3)CC2)ncn1. The fraction of sp³-hybridized carbons (Fsp3) is 0.389. The summed E-state index contributed by atoms with van der Waals surface area (Å²) >= 11 is 0. The average Bonchev–Trinajstić information content (AvgIpc) is 2.62. The van der Waals surface area contributed by atoms with Crippen molar-refractivity contribution in [1.29, 1.82) is 0 Å². The van der Waals surface area contributed by atoms with E-state index in [-0.39, 0.29) is 11.9 Å². The molecule has 126 valence electrons. The Morgan fingerprint density at radius 1 is 1.08 bits per heavy atom. The van der Waals surface area contributed by atoms with Crippen molar-refractivity contribution in [1.82, 2.24) is 14.9 Å². The van der Waals surface area contributed by atoms with Crippen molar-refractivity contribution in [3.05, 3.63) is 48.4 Å². The number of carbonyl (C=O) groups is 1. The second-order valence-electron chi connectivity index (χ2n) is 6.20. The summed E-state index contributed by atoms with van der Waals surface area (Å²) in [6.07, 6.45) is 1.44. The molecule has 6 heteroatoms. The second kappa shape index (κ2) is 7.29. The molecule has 6 nitrogen and oxygen atoms in total. The van der Waals surface area contributed by atoms with Gasteiger partial charge in [0.2, 0.25) is 0 Å². The summed E-state index contributed by atoms with van der Waals surface area (Å²) in [5.41, 5.74) is 1.65. The van der Waals surface area contributed by atoms with Crippen LogP contribution in [0.25, 0.3) is 0 Å². The van der Waals surface area contributed by atoms with E-state index in [1.165, 1.54) is 12.0 Å². The number of piperazine rings is 1. The quantitative estimate of drug-likeness (QED) is 0.934. The second-order valence-corrected chi connectivity index (χ2v) is 6.20. The smallest absolute Gasteiger partial charge is 0.272 e. The Kier molecular flexibility index (Phi) is 4.93. The lowest BCUT2D eigenvalue weighted by Gasteiger charge is -2.36. The minimum Gasteiger partial charge on any atom is -0.368 e. The molecule has 0 unspecified atom stereocenters. The van der Waals surface area contributed by atoms with Gasteiger partial charge in [0.1, 0.15) is 17.8 Å². The van der Waals surface area contributed by atoms with Crippen LogP contribution in [0.1, 0.15) is 24.3 Å². The molecular weight excluding hydrogens is 302 g/mol. The molecule has 1 fully saturated rings. The molecule has 0 spiro atoms. The maximum atomic E-state index is 12.7. The van der Waals surface area contributed by atoms with Crippen molar-refractivity contribution in [2.45, 2.75) is 19.9 Å². The Bertz CT molecular complexity index is 681. The minimum atomic E-state index is -0.0306. The normalized spacial score (nSPS) is 14.8. The molecule has 0 atom stereocenters. The van der Waals surface area contributed by atoms with Gasteiger partial charge in [0.15, 0.2) is 0 Å². The molecule has 0 aliphatic carbocycles. The summed E-state index contributed by atoms with van der Waals surface area (Å²) in [5, 5.41) is 3.20. The van der Waals surface area contributed by atoms with Gasteiger partial charge in [-0.2, -0.15) is 0 Å². The summed E-state index contributed by atoms with van der Waals surface area (Å²) in [7, 11) is 0. The van der Waals surface area contributed by atoms with E-state index in [0.717, 1.165) is 13.1 Å². The van der Waals surface area contributed by atoms with Crippen molar-refractivity contribution in [2.75, 3.05) is 36.4 Å². The van der Waals surface area contributed by atoms with Gasteiger partial charge in [0.05, 0.1) is 0 Å². The lowest BCUT2D eigenvalue weighted by atomic mass is 10.2. The highest BCUT2D eigenvalue weighted by Crippen LogP contribution is 2.17. The van der Waals surface area contributed by atoms with Gasteiger partial charge in [-0.05, 0) is 26.0 Å². The van der Waals surface area contributed by atoms with E-state index in [2.05, 4.69) is 32.3 Å². The van der Waals surface area contributed by atoms with Crippen LogP contribution in [0.3, 0.4) is 0 Å². The van der Waals surface area contributed by atoms with Crippen molar-refractivity contribution in [2.24, 2.45) is 0 Å². The van der Waals surface area contributed by atoms with Crippen LogP contribution in [0.4, 0.5) is 11.5 Å². The number of aromatic nitrogens is 2. The molecule has 0 bridgehead atoms. The first-order chi connectivity index (χ1) is 11.6. The predicted molar refractivity (Wildman–Crippen MR) is 95.3 cm³/mol. The summed E-state index contributed by atoms with van der Waals surface area (Å²) in [6.45, 7) is 7.13. The number of amides is 1. The molecule has 2 aromatic rings. The van der Waals surface area contributed by atoms with Crippen LogP contribution in [0.2, 0.25) is 0 Å². The number of anilines is 2. The van der Waals surface area contributed by atoms with Gasteiger partial charge < -0.3 is 15.1 Å². The average molecular weight is 325 g/mol. The zero-order valence-electron chi connectivity index (χ0n) is 14.1. The van der Waals surface area contributed by atoms with Crippen LogP contribution in [-0.2, 0) is 0 Å². The molecule has 2 heterocycles. The molecule has 3 rings (SSSR count). The van der Waals surface area contributed by atoms with E-state index in [1.807, 2.05) is 36.9 Å². The molecule has 0 radical (unpaired) electrons. The summed E-state index contributed by atoms with van der Waals surface area (Å²) in [5.74, 6) is 0.656. The third-order valence-corrected chi connectivity index (χ3v) is 4.01. The molecule has 1 aliphatic heterocycles. The lowest BCUT2D eigenvalue weighted by molar-refractivity contribution is 0.0740. The number of benzene rings is 1. The zero-order chi connectivity index (χ0) is 16.9. The lowest BCUT2D eigenvalue weighted by Crippen LogP contribution is -2.49. The minimum absolute atomic E-state index is 0.0306. The van der Waals surface area contributed by atoms with E-state index < -0.39 is 0 Å². The van der Waals surface area contributed by atoms with Crippen LogP contribution >= 0.6 is 0 Å². The van der Waals surface area contributed by atoms with Gasteiger partial charge in [-0.1, -0.05) is 18.2 Å². The third-order valence-electron chi connectivity index (χ3n) is 4.01. The van der Waals surface area contributed by atoms with Gasteiger partial charge in [0, 0.05) is 44.0 Å². The number of nitrogens with zero attached hydrogens (tertiary/aromatic N) is 4. The highest BCUT2D eigenvalue weighted by atomic mass is 16.2.